The number of nitrogens with zero attached hydrogens (tertiary/aromatic N) is 2. The molecule has 3 amide bonds. The summed E-state index contributed by atoms with van der Waals surface area (Å²) in [6.07, 6.45) is 4.48. The second kappa shape index (κ2) is 6.62. The third kappa shape index (κ3) is 3.38. The van der Waals surface area contributed by atoms with Crippen molar-refractivity contribution in [2.75, 3.05) is 11.9 Å². The van der Waals surface area contributed by atoms with Gasteiger partial charge in [-0.2, -0.15) is 0 Å². The molecule has 1 saturated heterocycles. The van der Waals surface area contributed by atoms with Crippen molar-refractivity contribution >= 4 is 29.1 Å². The Kier molecular flexibility index (Phi) is 4.52. The number of anilines is 1. The van der Waals surface area contributed by atoms with Gasteiger partial charge in [-0.3, -0.25) is 29.4 Å². The number of rotatable bonds is 4. The lowest BCUT2D eigenvalue weighted by Gasteiger charge is -2.30. The normalized spacial score (nSPS) is 19.3. The molecule has 8 heteroatoms. The summed E-state index contributed by atoms with van der Waals surface area (Å²) in [5.74, 6) is -1.12. The summed E-state index contributed by atoms with van der Waals surface area (Å²) in [6.45, 7) is -0.359. The van der Waals surface area contributed by atoms with Gasteiger partial charge >= 0.3 is 0 Å². The number of imide groups is 1. The standard InChI is InChI=1S/C17H19N3O5/c21-14(18-12-5-4-6-13(9-12)20(24)25)11-19-15(22)10-17(16(19)23)7-2-1-3-8-17/h4-6,9H,1-3,7-8,10-11H2,(H,18,21). The SMILES string of the molecule is O=C(CN1C(=O)CC2(CCCCC2)C1=O)Nc1cccc([N+](=O)[O-])c1. The Balaban J connectivity index is 1.66. The van der Waals surface area contributed by atoms with Gasteiger partial charge in [-0.05, 0) is 18.9 Å². The molecule has 8 nitrogen and oxygen atoms in total. The smallest absolute Gasteiger partial charge is 0.271 e. The van der Waals surface area contributed by atoms with E-state index in [1.54, 1.807) is 0 Å². The van der Waals surface area contributed by atoms with Crippen LogP contribution < -0.4 is 5.32 Å². The van der Waals surface area contributed by atoms with Crippen LogP contribution in [0.15, 0.2) is 24.3 Å². The summed E-state index contributed by atoms with van der Waals surface area (Å²) in [7, 11) is 0. The van der Waals surface area contributed by atoms with E-state index in [4.69, 9.17) is 0 Å². The number of amides is 3. The van der Waals surface area contributed by atoms with Crippen molar-refractivity contribution in [3.8, 4) is 0 Å². The van der Waals surface area contributed by atoms with Crippen molar-refractivity contribution in [1.29, 1.82) is 0 Å². The maximum atomic E-state index is 12.7. The molecule has 25 heavy (non-hydrogen) atoms. The molecule has 0 radical (unpaired) electrons. The fraction of sp³-hybridized carbons (Fsp3) is 0.471. The van der Waals surface area contributed by atoms with Crippen molar-refractivity contribution in [2.24, 2.45) is 5.41 Å². The number of nitrogens with one attached hydrogen (secondary N) is 1. The first-order chi connectivity index (χ1) is 11.9. The molecule has 1 aliphatic heterocycles. The predicted molar refractivity (Wildman–Crippen MR) is 88.6 cm³/mol. The zero-order valence-corrected chi connectivity index (χ0v) is 13.7. The van der Waals surface area contributed by atoms with E-state index in [1.165, 1.54) is 24.3 Å². The molecule has 0 bridgehead atoms. The number of hydrogen-bond donors (Lipinski definition) is 1. The van der Waals surface area contributed by atoms with Gasteiger partial charge in [-0.1, -0.05) is 25.3 Å². The van der Waals surface area contributed by atoms with E-state index in [2.05, 4.69) is 5.32 Å². The molecule has 2 fully saturated rings. The Morgan fingerprint density at radius 1 is 1.24 bits per heavy atom. The van der Waals surface area contributed by atoms with Gasteiger partial charge in [-0.25, -0.2) is 0 Å². The van der Waals surface area contributed by atoms with Crippen LogP contribution in [0.5, 0.6) is 0 Å². The molecular weight excluding hydrogens is 326 g/mol. The van der Waals surface area contributed by atoms with E-state index in [-0.39, 0.29) is 36.2 Å². The van der Waals surface area contributed by atoms with Crippen LogP contribution in [0.25, 0.3) is 0 Å². The first-order valence-electron chi connectivity index (χ1n) is 8.30. The Hall–Kier alpha value is -2.77. The van der Waals surface area contributed by atoms with Crippen molar-refractivity contribution in [2.45, 2.75) is 38.5 Å². The Bertz CT molecular complexity index is 740. The largest absolute Gasteiger partial charge is 0.324 e. The first-order valence-corrected chi connectivity index (χ1v) is 8.30. The van der Waals surface area contributed by atoms with E-state index in [0.29, 0.717) is 12.8 Å². The number of likely N-dealkylation sites (tertiary alicyclic amines) is 1. The average molecular weight is 345 g/mol. The van der Waals surface area contributed by atoms with Crippen LogP contribution >= 0.6 is 0 Å². The lowest BCUT2D eigenvalue weighted by molar-refractivity contribution is -0.384. The van der Waals surface area contributed by atoms with E-state index < -0.39 is 16.2 Å². The van der Waals surface area contributed by atoms with Crippen LogP contribution in [0, 0.1) is 15.5 Å². The number of nitro benzene ring substituents is 1. The van der Waals surface area contributed by atoms with Gasteiger partial charge in [0.25, 0.3) is 5.69 Å². The maximum Gasteiger partial charge on any atom is 0.271 e. The summed E-state index contributed by atoms with van der Waals surface area (Å²) in [6, 6.07) is 5.52. The van der Waals surface area contributed by atoms with Crippen molar-refractivity contribution in [3.05, 3.63) is 34.4 Å². The minimum Gasteiger partial charge on any atom is -0.324 e. The zero-order valence-electron chi connectivity index (χ0n) is 13.7. The fourth-order valence-electron chi connectivity index (χ4n) is 3.68. The molecule has 1 spiro atoms. The van der Waals surface area contributed by atoms with Crippen LogP contribution in [0.3, 0.4) is 0 Å². The molecule has 1 N–H and O–H groups in total. The van der Waals surface area contributed by atoms with Crippen molar-refractivity contribution in [1.82, 2.24) is 4.90 Å². The second-order valence-corrected chi connectivity index (χ2v) is 6.66. The molecule has 1 aromatic rings. The van der Waals surface area contributed by atoms with E-state index in [0.717, 1.165) is 24.2 Å². The maximum absolute atomic E-state index is 12.7. The minimum atomic E-state index is -0.624. The zero-order chi connectivity index (χ0) is 18.0. The molecule has 0 unspecified atom stereocenters. The fourth-order valence-corrected chi connectivity index (χ4v) is 3.68. The summed E-state index contributed by atoms with van der Waals surface area (Å²) in [5, 5.41) is 13.3. The van der Waals surface area contributed by atoms with Gasteiger partial charge in [0.15, 0.2) is 0 Å². The van der Waals surface area contributed by atoms with Gasteiger partial charge in [0.2, 0.25) is 17.7 Å². The van der Waals surface area contributed by atoms with Crippen LogP contribution in [-0.2, 0) is 14.4 Å². The number of carbonyl (C=O) groups is 3. The summed E-state index contributed by atoms with van der Waals surface area (Å²) in [5.41, 5.74) is -0.515. The molecular formula is C17H19N3O5. The Morgan fingerprint density at radius 3 is 2.64 bits per heavy atom. The highest BCUT2D eigenvalue weighted by Crippen LogP contribution is 2.45. The molecule has 3 rings (SSSR count). The van der Waals surface area contributed by atoms with Crippen LogP contribution in [0.2, 0.25) is 0 Å². The molecule has 2 aliphatic rings. The molecule has 0 atom stereocenters. The van der Waals surface area contributed by atoms with E-state index in [9.17, 15) is 24.5 Å². The molecule has 1 saturated carbocycles. The molecule has 132 valence electrons. The average Bonchev–Trinajstić information content (AvgIpc) is 2.80. The van der Waals surface area contributed by atoms with Gasteiger partial charge in [0, 0.05) is 24.2 Å². The topological polar surface area (TPSA) is 110 Å². The molecule has 1 heterocycles. The number of hydrogen-bond acceptors (Lipinski definition) is 5. The number of non-ortho nitro benzene ring substituents is 1. The number of benzene rings is 1. The van der Waals surface area contributed by atoms with Crippen molar-refractivity contribution < 1.29 is 19.3 Å². The monoisotopic (exact) mass is 345 g/mol. The highest BCUT2D eigenvalue weighted by Gasteiger charge is 2.51. The molecule has 1 aromatic carbocycles. The minimum absolute atomic E-state index is 0.146. The van der Waals surface area contributed by atoms with Gasteiger partial charge in [0.05, 0.1) is 10.3 Å². The second-order valence-electron chi connectivity index (χ2n) is 6.66. The number of nitro groups is 1. The van der Waals surface area contributed by atoms with E-state index >= 15 is 0 Å². The van der Waals surface area contributed by atoms with Crippen LogP contribution in [0.1, 0.15) is 38.5 Å². The van der Waals surface area contributed by atoms with Crippen molar-refractivity contribution in [3.63, 3.8) is 0 Å². The summed E-state index contributed by atoms with van der Waals surface area (Å²) in [4.78, 5) is 48.3. The first kappa shape index (κ1) is 17.1. The highest BCUT2D eigenvalue weighted by atomic mass is 16.6. The lowest BCUT2D eigenvalue weighted by Crippen LogP contribution is -2.41. The third-order valence-electron chi connectivity index (χ3n) is 4.94. The van der Waals surface area contributed by atoms with E-state index in [1.807, 2.05) is 0 Å². The summed E-state index contributed by atoms with van der Waals surface area (Å²) < 4.78 is 0. The van der Waals surface area contributed by atoms with Gasteiger partial charge in [-0.15, -0.1) is 0 Å². The lowest BCUT2D eigenvalue weighted by atomic mass is 9.73. The third-order valence-corrected chi connectivity index (χ3v) is 4.94. The van der Waals surface area contributed by atoms with Crippen LogP contribution in [-0.4, -0.2) is 34.1 Å². The van der Waals surface area contributed by atoms with Gasteiger partial charge < -0.3 is 5.32 Å². The Morgan fingerprint density at radius 2 is 1.96 bits per heavy atom. The van der Waals surface area contributed by atoms with Crippen LogP contribution in [0.4, 0.5) is 11.4 Å². The summed E-state index contributed by atoms with van der Waals surface area (Å²) >= 11 is 0. The highest BCUT2D eigenvalue weighted by molar-refractivity contribution is 6.09. The quantitative estimate of drug-likeness (QED) is 0.511. The molecule has 0 aromatic heterocycles. The molecule has 1 aliphatic carbocycles. The Labute approximate surface area is 144 Å². The van der Waals surface area contributed by atoms with Gasteiger partial charge in [0.1, 0.15) is 6.54 Å². The predicted octanol–water partition coefficient (Wildman–Crippen LogP) is 2.24. The number of carbonyl (C=O) groups excluding carboxylic acids is 3.